The summed E-state index contributed by atoms with van der Waals surface area (Å²) in [6.45, 7) is 5.39. The Hall–Kier alpha value is -3.68. The molecular weight excluding hydrogens is 442 g/mol. The van der Waals surface area contributed by atoms with Crippen LogP contribution in [-0.2, 0) is 11.8 Å². The van der Waals surface area contributed by atoms with Gasteiger partial charge >= 0.3 is 0 Å². The van der Waals surface area contributed by atoms with Crippen molar-refractivity contribution in [3.63, 3.8) is 0 Å². The minimum atomic E-state index is -1.29. The van der Waals surface area contributed by atoms with E-state index in [0.29, 0.717) is 17.8 Å². The molecule has 2 amide bonds. The molecule has 1 atom stereocenters. The molecule has 1 saturated carbocycles. The standard InChI is InChI=1S/C27H33N5O3/c1-5-27(3,26(35)29-20-13-9-10-14-20)31(24(33)22-17-11-12-18-28-22)23-19(2)30(4)32(25(23)34)21-15-7-6-8-16-21/h6-8,11-12,15-18,20H,5,9-10,13-14H2,1-4H3,(H,29,35)/t27-/m0/s1. The predicted octanol–water partition coefficient (Wildman–Crippen LogP) is 3.75. The van der Waals surface area contributed by atoms with Crippen LogP contribution in [0.15, 0.2) is 59.5 Å². The number of carbonyl (C=O) groups is 2. The number of para-hydroxylation sites is 1. The molecule has 3 aromatic rings. The lowest BCUT2D eigenvalue weighted by molar-refractivity contribution is -0.126. The van der Waals surface area contributed by atoms with E-state index in [0.717, 1.165) is 25.7 Å². The average Bonchev–Trinajstić information content (AvgIpc) is 3.47. The summed E-state index contributed by atoms with van der Waals surface area (Å²) in [5, 5.41) is 3.15. The lowest BCUT2D eigenvalue weighted by Gasteiger charge is -2.39. The van der Waals surface area contributed by atoms with Gasteiger partial charge in [0.1, 0.15) is 16.9 Å². The Morgan fingerprint density at radius 1 is 1.11 bits per heavy atom. The highest BCUT2D eigenvalue weighted by Gasteiger charge is 2.46. The Bertz CT molecular complexity index is 1260. The number of hydrogen-bond acceptors (Lipinski definition) is 4. The topological polar surface area (TPSA) is 89.2 Å². The zero-order chi connectivity index (χ0) is 25.2. The van der Waals surface area contributed by atoms with Crippen LogP contribution in [0.4, 0.5) is 5.69 Å². The molecule has 2 heterocycles. The van der Waals surface area contributed by atoms with Gasteiger partial charge in [0, 0.05) is 19.3 Å². The predicted molar refractivity (Wildman–Crippen MR) is 136 cm³/mol. The van der Waals surface area contributed by atoms with Crippen molar-refractivity contribution in [2.24, 2.45) is 7.05 Å². The van der Waals surface area contributed by atoms with Crippen molar-refractivity contribution in [3.8, 4) is 5.69 Å². The van der Waals surface area contributed by atoms with E-state index in [1.807, 2.05) is 37.3 Å². The van der Waals surface area contributed by atoms with Gasteiger partial charge in [-0.25, -0.2) is 4.68 Å². The fourth-order valence-corrected chi connectivity index (χ4v) is 4.82. The molecule has 0 bridgehead atoms. The van der Waals surface area contributed by atoms with Gasteiger partial charge in [-0.15, -0.1) is 0 Å². The number of aromatic nitrogens is 3. The maximum Gasteiger partial charge on any atom is 0.295 e. The Morgan fingerprint density at radius 3 is 2.37 bits per heavy atom. The molecule has 8 nitrogen and oxygen atoms in total. The molecule has 1 aliphatic rings. The van der Waals surface area contributed by atoms with Crippen molar-refractivity contribution in [1.82, 2.24) is 19.7 Å². The highest BCUT2D eigenvalue weighted by Crippen LogP contribution is 2.31. The van der Waals surface area contributed by atoms with Gasteiger partial charge in [-0.3, -0.25) is 28.9 Å². The molecule has 0 spiro atoms. The van der Waals surface area contributed by atoms with E-state index in [-0.39, 0.29) is 28.9 Å². The molecule has 35 heavy (non-hydrogen) atoms. The maximum absolute atomic E-state index is 14.0. The van der Waals surface area contributed by atoms with Gasteiger partial charge in [-0.1, -0.05) is 44.0 Å². The highest BCUT2D eigenvalue weighted by atomic mass is 16.2. The SMILES string of the molecule is CC[C@@](C)(C(=O)NC1CCCC1)N(C(=O)c1ccccn1)c1c(C)n(C)n(-c2ccccc2)c1=O. The van der Waals surface area contributed by atoms with Gasteiger partial charge in [0.15, 0.2) is 0 Å². The third-order valence-corrected chi connectivity index (χ3v) is 7.20. The minimum Gasteiger partial charge on any atom is -0.351 e. The maximum atomic E-state index is 14.0. The summed E-state index contributed by atoms with van der Waals surface area (Å²) < 4.78 is 3.24. The molecule has 0 aliphatic heterocycles. The lowest BCUT2D eigenvalue weighted by atomic mass is 9.92. The largest absolute Gasteiger partial charge is 0.351 e. The average molecular weight is 476 g/mol. The number of benzene rings is 1. The lowest BCUT2D eigenvalue weighted by Crippen LogP contribution is -2.61. The summed E-state index contributed by atoms with van der Waals surface area (Å²) in [4.78, 5) is 47.3. The zero-order valence-corrected chi connectivity index (χ0v) is 20.8. The first-order valence-corrected chi connectivity index (χ1v) is 12.2. The molecule has 8 heteroatoms. The summed E-state index contributed by atoms with van der Waals surface area (Å²) in [6, 6.07) is 14.4. The smallest absolute Gasteiger partial charge is 0.295 e. The Balaban J connectivity index is 1.90. The van der Waals surface area contributed by atoms with Gasteiger partial charge in [0.2, 0.25) is 5.91 Å². The second kappa shape index (κ2) is 9.90. The van der Waals surface area contributed by atoms with E-state index in [4.69, 9.17) is 0 Å². The van der Waals surface area contributed by atoms with Crippen LogP contribution in [0.3, 0.4) is 0 Å². The molecule has 1 fully saturated rings. The van der Waals surface area contributed by atoms with Crippen LogP contribution in [0.25, 0.3) is 5.69 Å². The Labute approximate surface area is 205 Å². The first-order valence-electron chi connectivity index (χ1n) is 12.2. The Morgan fingerprint density at radius 2 is 1.77 bits per heavy atom. The van der Waals surface area contributed by atoms with Crippen LogP contribution >= 0.6 is 0 Å². The molecule has 0 saturated heterocycles. The Kier molecular flexibility index (Phi) is 6.91. The molecule has 184 valence electrons. The van der Waals surface area contributed by atoms with E-state index < -0.39 is 11.4 Å². The number of anilines is 1. The van der Waals surface area contributed by atoms with Crippen LogP contribution in [0, 0.1) is 6.92 Å². The van der Waals surface area contributed by atoms with Crippen LogP contribution in [0.5, 0.6) is 0 Å². The van der Waals surface area contributed by atoms with Gasteiger partial charge in [-0.2, -0.15) is 0 Å². The molecule has 1 aromatic carbocycles. The molecule has 2 aromatic heterocycles. The third-order valence-electron chi connectivity index (χ3n) is 7.20. The number of pyridine rings is 1. The summed E-state index contributed by atoms with van der Waals surface area (Å²) in [6.07, 6.45) is 5.85. The fraction of sp³-hybridized carbons (Fsp3) is 0.407. The molecule has 0 radical (unpaired) electrons. The van der Waals surface area contributed by atoms with Gasteiger partial charge < -0.3 is 5.32 Å². The van der Waals surface area contributed by atoms with Crippen molar-refractivity contribution in [1.29, 1.82) is 0 Å². The quantitative estimate of drug-likeness (QED) is 0.564. The molecule has 0 unspecified atom stereocenters. The fourth-order valence-electron chi connectivity index (χ4n) is 4.82. The molecular formula is C27H33N5O3. The number of amides is 2. The zero-order valence-electron chi connectivity index (χ0n) is 20.8. The number of nitrogens with zero attached hydrogens (tertiary/aromatic N) is 4. The van der Waals surface area contributed by atoms with Crippen molar-refractivity contribution in [3.05, 3.63) is 76.5 Å². The number of nitrogens with one attached hydrogen (secondary N) is 1. The third kappa shape index (κ3) is 4.40. The molecule has 4 rings (SSSR count). The van der Waals surface area contributed by atoms with Gasteiger partial charge in [0.25, 0.3) is 11.5 Å². The first-order chi connectivity index (χ1) is 16.8. The first kappa shape index (κ1) is 24.4. The summed E-state index contributed by atoms with van der Waals surface area (Å²) >= 11 is 0. The highest BCUT2D eigenvalue weighted by molar-refractivity contribution is 6.10. The number of carbonyl (C=O) groups excluding carboxylic acids is 2. The number of rotatable bonds is 7. The van der Waals surface area contributed by atoms with Gasteiger partial charge in [-0.05, 0) is 57.4 Å². The van der Waals surface area contributed by atoms with Crippen molar-refractivity contribution in [2.75, 3.05) is 4.90 Å². The summed E-state index contributed by atoms with van der Waals surface area (Å²) in [7, 11) is 1.78. The van der Waals surface area contributed by atoms with E-state index >= 15 is 0 Å². The van der Waals surface area contributed by atoms with E-state index in [2.05, 4.69) is 10.3 Å². The van der Waals surface area contributed by atoms with E-state index in [9.17, 15) is 14.4 Å². The minimum absolute atomic E-state index is 0.0815. The number of hydrogen-bond donors (Lipinski definition) is 1. The normalized spacial score (nSPS) is 15.5. The van der Waals surface area contributed by atoms with Crippen LogP contribution in [0.2, 0.25) is 0 Å². The van der Waals surface area contributed by atoms with E-state index in [1.165, 1.54) is 15.8 Å². The summed E-state index contributed by atoms with van der Waals surface area (Å²) in [5.74, 6) is -0.743. The molecule has 1 aliphatic carbocycles. The van der Waals surface area contributed by atoms with Crippen LogP contribution in [-0.4, -0.2) is 37.7 Å². The van der Waals surface area contributed by atoms with Crippen LogP contribution < -0.4 is 15.8 Å². The second-order valence-corrected chi connectivity index (χ2v) is 9.35. The molecule has 1 N–H and O–H groups in total. The monoisotopic (exact) mass is 475 g/mol. The van der Waals surface area contributed by atoms with Crippen molar-refractivity contribution in [2.45, 2.75) is 64.5 Å². The van der Waals surface area contributed by atoms with Crippen molar-refractivity contribution >= 4 is 17.5 Å². The van der Waals surface area contributed by atoms with Crippen LogP contribution in [0.1, 0.15) is 62.1 Å². The summed E-state index contributed by atoms with van der Waals surface area (Å²) in [5.41, 5.74) is -0.0528. The van der Waals surface area contributed by atoms with Crippen molar-refractivity contribution < 1.29 is 9.59 Å². The second-order valence-electron chi connectivity index (χ2n) is 9.35. The van der Waals surface area contributed by atoms with Gasteiger partial charge in [0.05, 0.1) is 11.4 Å². The van der Waals surface area contributed by atoms with E-state index in [1.54, 1.807) is 43.8 Å².